The largest absolute Gasteiger partial charge is 0.346 e. The van der Waals surface area contributed by atoms with Crippen molar-refractivity contribution in [3.63, 3.8) is 0 Å². The topological polar surface area (TPSA) is 65.1 Å². The van der Waals surface area contributed by atoms with Gasteiger partial charge in [-0.15, -0.1) is 0 Å². The number of hydrogen-bond acceptors (Lipinski definition) is 4. The van der Waals surface area contributed by atoms with Crippen LogP contribution in [0.25, 0.3) is 11.0 Å². The minimum Gasteiger partial charge on any atom is -0.346 e. The summed E-state index contributed by atoms with van der Waals surface area (Å²) in [5, 5.41) is 0.963. The predicted octanol–water partition coefficient (Wildman–Crippen LogP) is 0.236. The molecule has 1 saturated heterocycles. The summed E-state index contributed by atoms with van der Waals surface area (Å²) in [6.45, 7) is 1.92. The molecule has 1 aliphatic heterocycles. The molecule has 3 rings (SSSR count). The molecule has 2 aromatic heterocycles. The molecule has 3 heterocycles. The number of nitrogens with one attached hydrogen (secondary N) is 1. The number of anilines is 1. The Labute approximate surface area is 98.3 Å². The molecule has 6 nitrogen and oxygen atoms in total. The number of nitrogens with zero attached hydrogens (tertiary/aromatic N) is 4. The van der Waals surface area contributed by atoms with Crippen LogP contribution in [0.5, 0.6) is 0 Å². The SMILES string of the molecule is CN1CCN(c2ncnc3[nH]ccc23)CC1=O. The van der Waals surface area contributed by atoms with E-state index in [2.05, 4.69) is 15.0 Å². The average Bonchev–Trinajstić information content (AvgIpc) is 2.80. The van der Waals surface area contributed by atoms with Crippen LogP contribution in [0.1, 0.15) is 0 Å². The third-order valence-electron chi connectivity index (χ3n) is 3.09. The van der Waals surface area contributed by atoms with Crippen molar-refractivity contribution in [1.82, 2.24) is 19.9 Å². The van der Waals surface area contributed by atoms with E-state index in [9.17, 15) is 4.79 Å². The molecule has 0 bridgehead atoms. The van der Waals surface area contributed by atoms with Gasteiger partial charge in [0.05, 0.1) is 11.9 Å². The Kier molecular flexibility index (Phi) is 2.21. The van der Waals surface area contributed by atoms with Crippen LogP contribution in [-0.4, -0.2) is 52.4 Å². The van der Waals surface area contributed by atoms with Crippen molar-refractivity contribution in [2.45, 2.75) is 0 Å². The number of fused-ring (bicyclic) bond motifs is 1. The van der Waals surface area contributed by atoms with Gasteiger partial charge in [0.15, 0.2) is 0 Å². The minimum atomic E-state index is 0.124. The van der Waals surface area contributed by atoms with Crippen molar-refractivity contribution in [1.29, 1.82) is 0 Å². The molecule has 0 atom stereocenters. The van der Waals surface area contributed by atoms with Crippen LogP contribution in [0.3, 0.4) is 0 Å². The Morgan fingerprint density at radius 3 is 3.06 bits per heavy atom. The Morgan fingerprint density at radius 2 is 2.24 bits per heavy atom. The second-order valence-corrected chi connectivity index (χ2v) is 4.17. The summed E-state index contributed by atoms with van der Waals surface area (Å²) >= 11 is 0. The molecule has 6 heteroatoms. The first-order valence-corrected chi connectivity index (χ1v) is 5.53. The van der Waals surface area contributed by atoms with E-state index in [0.29, 0.717) is 6.54 Å². The zero-order valence-corrected chi connectivity index (χ0v) is 9.55. The van der Waals surface area contributed by atoms with Gasteiger partial charge in [-0.2, -0.15) is 0 Å². The summed E-state index contributed by atoms with van der Waals surface area (Å²) in [6.07, 6.45) is 3.36. The van der Waals surface area contributed by atoms with Gasteiger partial charge < -0.3 is 14.8 Å². The highest BCUT2D eigenvalue weighted by Gasteiger charge is 2.23. The molecule has 0 radical (unpaired) electrons. The molecule has 0 unspecified atom stereocenters. The molecule has 88 valence electrons. The Morgan fingerprint density at radius 1 is 1.35 bits per heavy atom. The van der Waals surface area contributed by atoms with Crippen molar-refractivity contribution < 1.29 is 4.79 Å². The highest BCUT2D eigenvalue weighted by Crippen LogP contribution is 2.22. The molecule has 1 fully saturated rings. The first-order valence-electron chi connectivity index (χ1n) is 5.53. The molecule has 0 aromatic carbocycles. The lowest BCUT2D eigenvalue weighted by Crippen LogP contribution is -2.48. The predicted molar refractivity (Wildman–Crippen MR) is 63.7 cm³/mol. The van der Waals surface area contributed by atoms with E-state index in [0.717, 1.165) is 29.9 Å². The van der Waals surface area contributed by atoms with Gasteiger partial charge in [0.25, 0.3) is 0 Å². The molecule has 1 aliphatic rings. The smallest absolute Gasteiger partial charge is 0.241 e. The number of carbonyl (C=O) groups excluding carboxylic acids is 1. The summed E-state index contributed by atoms with van der Waals surface area (Å²) in [5.41, 5.74) is 0.807. The molecule has 0 aliphatic carbocycles. The van der Waals surface area contributed by atoms with Crippen molar-refractivity contribution in [3.05, 3.63) is 18.6 Å². The van der Waals surface area contributed by atoms with Crippen LogP contribution < -0.4 is 4.90 Å². The fraction of sp³-hybridized carbons (Fsp3) is 0.364. The monoisotopic (exact) mass is 231 g/mol. The Balaban J connectivity index is 1.99. The lowest BCUT2D eigenvalue weighted by Gasteiger charge is -2.32. The van der Waals surface area contributed by atoms with Gasteiger partial charge in [-0.1, -0.05) is 0 Å². The summed E-state index contributed by atoms with van der Waals surface area (Å²) in [7, 11) is 1.82. The van der Waals surface area contributed by atoms with Crippen LogP contribution in [0.2, 0.25) is 0 Å². The number of carbonyl (C=O) groups is 1. The zero-order valence-electron chi connectivity index (χ0n) is 9.55. The van der Waals surface area contributed by atoms with Gasteiger partial charge in [0.1, 0.15) is 17.8 Å². The zero-order chi connectivity index (χ0) is 11.8. The molecule has 1 N–H and O–H groups in total. The first-order chi connectivity index (χ1) is 8.25. The second-order valence-electron chi connectivity index (χ2n) is 4.17. The Hall–Kier alpha value is -2.11. The fourth-order valence-corrected chi connectivity index (χ4v) is 2.05. The third kappa shape index (κ3) is 1.61. The van der Waals surface area contributed by atoms with E-state index in [1.807, 2.05) is 24.2 Å². The molecular formula is C11H13N5O. The van der Waals surface area contributed by atoms with Crippen LogP contribution in [0.4, 0.5) is 5.82 Å². The Bertz CT molecular complexity index is 564. The standard InChI is InChI=1S/C11H13N5O/c1-15-4-5-16(6-9(15)17)11-8-2-3-12-10(8)13-7-14-11/h2-3,7H,4-6H2,1H3,(H,12,13,14). The quantitative estimate of drug-likeness (QED) is 0.763. The highest BCUT2D eigenvalue weighted by atomic mass is 16.2. The van der Waals surface area contributed by atoms with Crippen molar-refractivity contribution >= 4 is 22.8 Å². The maximum absolute atomic E-state index is 11.7. The molecule has 17 heavy (non-hydrogen) atoms. The fourth-order valence-electron chi connectivity index (χ4n) is 2.05. The number of rotatable bonds is 1. The van der Waals surface area contributed by atoms with Gasteiger partial charge in [0.2, 0.25) is 5.91 Å². The maximum Gasteiger partial charge on any atom is 0.241 e. The van der Waals surface area contributed by atoms with Gasteiger partial charge in [-0.05, 0) is 6.07 Å². The van der Waals surface area contributed by atoms with Crippen molar-refractivity contribution in [3.8, 4) is 0 Å². The van der Waals surface area contributed by atoms with Gasteiger partial charge >= 0.3 is 0 Å². The van der Waals surface area contributed by atoms with Crippen molar-refractivity contribution in [2.24, 2.45) is 0 Å². The third-order valence-corrected chi connectivity index (χ3v) is 3.09. The lowest BCUT2D eigenvalue weighted by atomic mass is 10.3. The average molecular weight is 231 g/mol. The number of likely N-dealkylation sites (N-methyl/N-ethyl adjacent to an activating group) is 1. The van der Waals surface area contributed by atoms with Gasteiger partial charge in [-0.25, -0.2) is 9.97 Å². The highest BCUT2D eigenvalue weighted by molar-refractivity contribution is 5.90. The van der Waals surface area contributed by atoms with E-state index < -0.39 is 0 Å². The summed E-state index contributed by atoms with van der Waals surface area (Å²) in [5.74, 6) is 0.955. The van der Waals surface area contributed by atoms with Crippen LogP contribution >= 0.6 is 0 Å². The molecule has 1 amide bonds. The molecule has 0 saturated carbocycles. The van der Waals surface area contributed by atoms with Gasteiger partial charge in [-0.3, -0.25) is 4.79 Å². The molecule has 2 aromatic rings. The van der Waals surface area contributed by atoms with Crippen molar-refractivity contribution in [2.75, 3.05) is 31.6 Å². The number of aromatic amines is 1. The summed E-state index contributed by atoms with van der Waals surface area (Å²) in [6, 6.07) is 1.94. The number of aromatic nitrogens is 3. The van der Waals surface area contributed by atoms with Crippen LogP contribution in [0.15, 0.2) is 18.6 Å². The normalized spacial score (nSPS) is 16.9. The number of H-pyrrole nitrogens is 1. The number of piperazine rings is 1. The van der Waals surface area contributed by atoms with E-state index in [-0.39, 0.29) is 5.91 Å². The van der Waals surface area contributed by atoms with Crippen LogP contribution in [-0.2, 0) is 4.79 Å². The minimum absolute atomic E-state index is 0.124. The van der Waals surface area contributed by atoms with Gasteiger partial charge in [0, 0.05) is 26.3 Å². The number of amides is 1. The lowest BCUT2D eigenvalue weighted by molar-refractivity contribution is -0.129. The van der Waals surface area contributed by atoms with Crippen LogP contribution in [0, 0.1) is 0 Å². The molecule has 0 spiro atoms. The van der Waals surface area contributed by atoms with E-state index in [1.165, 1.54) is 6.33 Å². The first kappa shape index (κ1) is 10.1. The van der Waals surface area contributed by atoms with E-state index >= 15 is 0 Å². The molecular weight excluding hydrogens is 218 g/mol. The van der Waals surface area contributed by atoms with E-state index in [4.69, 9.17) is 0 Å². The van der Waals surface area contributed by atoms with E-state index in [1.54, 1.807) is 4.90 Å². The second kappa shape index (κ2) is 3.73. The maximum atomic E-state index is 11.7. The number of hydrogen-bond donors (Lipinski definition) is 1. The summed E-state index contributed by atoms with van der Waals surface area (Å²) < 4.78 is 0. The summed E-state index contributed by atoms with van der Waals surface area (Å²) in [4.78, 5) is 26.9.